The smallest absolute Gasteiger partial charge is 0.310 e. The number of halogens is 1. The van der Waals surface area contributed by atoms with Crippen LogP contribution in [0.25, 0.3) is 0 Å². The van der Waals surface area contributed by atoms with Crippen molar-refractivity contribution < 1.29 is 14.3 Å². The summed E-state index contributed by atoms with van der Waals surface area (Å²) in [7, 11) is 0. The maximum Gasteiger partial charge on any atom is 0.310 e. The zero-order valence-corrected chi connectivity index (χ0v) is 13.1. The second kappa shape index (κ2) is 6.88. The lowest BCUT2D eigenvalue weighted by Gasteiger charge is -2.31. The van der Waals surface area contributed by atoms with Gasteiger partial charge in [0.25, 0.3) is 5.91 Å². The van der Waals surface area contributed by atoms with Crippen LogP contribution in [-0.2, 0) is 9.53 Å². The summed E-state index contributed by atoms with van der Waals surface area (Å²) in [5.41, 5.74) is 0.651. The van der Waals surface area contributed by atoms with E-state index in [1.165, 1.54) is 0 Å². The van der Waals surface area contributed by atoms with E-state index in [2.05, 4.69) is 15.9 Å². The first kappa shape index (κ1) is 15.0. The standard InChI is InChI=1S/C15H18BrNO3/c1-2-20-15(19)12-4-3-9-17(10-12)14(18)11-5-7-13(16)8-6-11/h5-8,12H,2-4,9-10H2,1H3/t12-/m1/s1. The third-order valence-electron chi connectivity index (χ3n) is 3.42. The van der Waals surface area contributed by atoms with Gasteiger partial charge in [-0.2, -0.15) is 0 Å². The fourth-order valence-corrected chi connectivity index (χ4v) is 2.65. The Kier molecular flexibility index (Phi) is 5.17. The molecule has 108 valence electrons. The number of hydrogen-bond donors (Lipinski definition) is 0. The van der Waals surface area contributed by atoms with Crippen molar-refractivity contribution in [3.8, 4) is 0 Å². The van der Waals surface area contributed by atoms with Gasteiger partial charge in [0.15, 0.2) is 0 Å². The average molecular weight is 340 g/mol. The van der Waals surface area contributed by atoms with Crippen LogP contribution in [0, 0.1) is 5.92 Å². The minimum Gasteiger partial charge on any atom is -0.466 e. The molecule has 0 bridgehead atoms. The van der Waals surface area contributed by atoms with Gasteiger partial charge in [-0.25, -0.2) is 0 Å². The van der Waals surface area contributed by atoms with Gasteiger partial charge in [-0.15, -0.1) is 0 Å². The van der Waals surface area contributed by atoms with Crippen LogP contribution in [0.3, 0.4) is 0 Å². The highest BCUT2D eigenvalue weighted by Crippen LogP contribution is 2.20. The van der Waals surface area contributed by atoms with Gasteiger partial charge in [0.1, 0.15) is 0 Å². The predicted molar refractivity (Wildman–Crippen MR) is 79.4 cm³/mol. The Morgan fingerprint density at radius 2 is 2.05 bits per heavy atom. The highest BCUT2D eigenvalue weighted by atomic mass is 79.9. The molecule has 0 aliphatic carbocycles. The number of piperidine rings is 1. The molecule has 1 atom stereocenters. The van der Waals surface area contributed by atoms with E-state index in [1.54, 1.807) is 24.0 Å². The average Bonchev–Trinajstić information content (AvgIpc) is 2.48. The van der Waals surface area contributed by atoms with Crippen LogP contribution in [-0.4, -0.2) is 36.5 Å². The summed E-state index contributed by atoms with van der Waals surface area (Å²) in [5.74, 6) is -0.407. The molecule has 0 unspecified atom stereocenters. The fraction of sp³-hybridized carbons (Fsp3) is 0.467. The van der Waals surface area contributed by atoms with Crippen LogP contribution >= 0.6 is 15.9 Å². The molecule has 1 saturated heterocycles. The molecule has 0 saturated carbocycles. The van der Waals surface area contributed by atoms with Crippen molar-refractivity contribution in [3.05, 3.63) is 34.3 Å². The van der Waals surface area contributed by atoms with Crippen LogP contribution in [0.5, 0.6) is 0 Å². The fourth-order valence-electron chi connectivity index (χ4n) is 2.39. The van der Waals surface area contributed by atoms with Crippen LogP contribution in [0.1, 0.15) is 30.1 Å². The number of nitrogens with zero attached hydrogens (tertiary/aromatic N) is 1. The van der Waals surface area contributed by atoms with Gasteiger partial charge < -0.3 is 9.64 Å². The Hall–Kier alpha value is -1.36. The third kappa shape index (κ3) is 3.60. The monoisotopic (exact) mass is 339 g/mol. The lowest BCUT2D eigenvalue weighted by atomic mass is 9.97. The van der Waals surface area contributed by atoms with E-state index in [0.29, 0.717) is 25.3 Å². The zero-order valence-electron chi connectivity index (χ0n) is 11.5. The molecule has 1 aliphatic rings. The molecule has 4 nitrogen and oxygen atoms in total. The predicted octanol–water partition coefficient (Wildman–Crippen LogP) is 2.86. The Balaban J connectivity index is 2.03. The van der Waals surface area contributed by atoms with Crippen molar-refractivity contribution in [2.45, 2.75) is 19.8 Å². The largest absolute Gasteiger partial charge is 0.466 e. The van der Waals surface area contributed by atoms with Crippen molar-refractivity contribution in [2.75, 3.05) is 19.7 Å². The maximum atomic E-state index is 12.4. The van der Waals surface area contributed by atoms with Crippen molar-refractivity contribution >= 4 is 27.8 Å². The van der Waals surface area contributed by atoms with Crippen molar-refractivity contribution in [1.82, 2.24) is 4.90 Å². The quantitative estimate of drug-likeness (QED) is 0.795. The summed E-state index contributed by atoms with van der Waals surface area (Å²) in [5, 5.41) is 0. The normalized spacial score (nSPS) is 18.7. The number of hydrogen-bond acceptors (Lipinski definition) is 3. The summed E-state index contributed by atoms with van der Waals surface area (Å²) in [6.07, 6.45) is 1.63. The molecule has 2 rings (SSSR count). The van der Waals surface area contributed by atoms with Crippen LogP contribution < -0.4 is 0 Å². The summed E-state index contributed by atoms with van der Waals surface area (Å²) in [4.78, 5) is 25.9. The Labute approximate surface area is 127 Å². The molecule has 0 N–H and O–H groups in total. The number of carbonyl (C=O) groups excluding carboxylic acids is 2. The lowest BCUT2D eigenvalue weighted by molar-refractivity contribution is -0.149. The van der Waals surface area contributed by atoms with Crippen LogP contribution in [0.2, 0.25) is 0 Å². The molecular weight excluding hydrogens is 322 g/mol. The second-order valence-corrected chi connectivity index (χ2v) is 5.76. The number of carbonyl (C=O) groups is 2. The Bertz CT molecular complexity index is 486. The van der Waals surface area contributed by atoms with Gasteiger partial charge in [0.05, 0.1) is 12.5 Å². The maximum absolute atomic E-state index is 12.4. The molecular formula is C15H18BrNO3. The molecule has 1 amide bonds. The minimum atomic E-state index is -0.194. The lowest BCUT2D eigenvalue weighted by Crippen LogP contribution is -2.42. The van der Waals surface area contributed by atoms with Gasteiger partial charge in [-0.1, -0.05) is 15.9 Å². The number of rotatable bonds is 3. The molecule has 1 aromatic carbocycles. The molecule has 1 aliphatic heterocycles. The zero-order chi connectivity index (χ0) is 14.5. The summed E-state index contributed by atoms with van der Waals surface area (Å²) in [6, 6.07) is 7.28. The number of benzene rings is 1. The second-order valence-electron chi connectivity index (χ2n) is 4.85. The van der Waals surface area contributed by atoms with Crippen LogP contribution in [0.4, 0.5) is 0 Å². The summed E-state index contributed by atoms with van der Waals surface area (Å²) < 4.78 is 5.99. The van der Waals surface area contributed by atoms with Crippen molar-refractivity contribution in [2.24, 2.45) is 5.92 Å². The highest BCUT2D eigenvalue weighted by molar-refractivity contribution is 9.10. The molecule has 1 aromatic rings. The van der Waals surface area contributed by atoms with E-state index in [-0.39, 0.29) is 17.8 Å². The van der Waals surface area contributed by atoms with Gasteiger partial charge in [0, 0.05) is 23.1 Å². The van der Waals surface area contributed by atoms with Crippen molar-refractivity contribution in [3.63, 3.8) is 0 Å². The van der Waals surface area contributed by atoms with E-state index >= 15 is 0 Å². The first-order valence-corrected chi connectivity index (χ1v) is 7.62. The van der Waals surface area contributed by atoms with Crippen LogP contribution in [0.15, 0.2) is 28.7 Å². The highest BCUT2D eigenvalue weighted by Gasteiger charge is 2.29. The number of likely N-dealkylation sites (tertiary alicyclic amines) is 1. The van der Waals surface area contributed by atoms with Gasteiger partial charge in [-0.3, -0.25) is 9.59 Å². The Morgan fingerprint density at radius 1 is 1.35 bits per heavy atom. The van der Waals surface area contributed by atoms with E-state index < -0.39 is 0 Å². The van der Waals surface area contributed by atoms with E-state index in [4.69, 9.17) is 4.74 Å². The van der Waals surface area contributed by atoms with Crippen molar-refractivity contribution in [1.29, 1.82) is 0 Å². The first-order chi connectivity index (χ1) is 9.61. The van der Waals surface area contributed by atoms with Gasteiger partial charge in [-0.05, 0) is 44.0 Å². The molecule has 0 spiro atoms. The van der Waals surface area contributed by atoms with E-state index in [9.17, 15) is 9.59 Å². The first-order valence-electron chi connectivity index (χ1n) is 6.83. The third-order valence-corrected chi connectivity index (χ3v) is 3.95. The molecule has 1 heterocycles. The number of esters is 1. The molecule has 5 heteroatoms. The number of amides is 1. The number of ether oxygens (including phenoxy) is 1. The van der Waals surface area contributed by atoms with Gasteiger partial charge >= 0.3 is 5.97 Å². The molecule has 20 heavy (non-hydrogen) atoms. The summed E-state index contributed by atoms with van der Waals surface area (Å²) in [6.45, 7) is 3.33. The topological polar surface area (TPSA) is 46.6 Å². The Morgan fingerprint density at radius 3 is 2.70 bits per heavy atom. The van der Waals surface area contributed by atoms with E-state index in [0.717, 1.165) is 17.3 Å². The van der Waals surface area contributed by atoms with E-state index in [1.807, 2.05) is 12.1 Å². The minimum absolute atomic E-state index is 0.0218. The SMILES string of the molecule is CCOC(=O)[C@@H]1CCCN(C(=O)c2ccc(Br)cc2)C1. The molecule has 1 fully saturated rings. The molecule has 0 aromatic heterocycles. The van der Waals surface area contributed by atoms with Gasteiger partial charge in [0.2, 0.25) is 0 Å². The summed E-state index contributed by atoms with van der Waals surface area (Å²) >= 11 is 3.35. The molecule has 0 radical (unpaired) electrons.